The molecular weight excluding hydrogens is 275 g/mol. The third-order valence-electron chi connectivity index (χ3n) is 3.55. The first-order valence-electron chi connectivity index (χ1n) is 6.97. The lowest BCUT2D eigenvalue weighted by molar-refractivity contribution is -0.184. The molecule has 2 saturated carbocycles. The number of ether oxygens (including phenoxy) is 2. The molecule has 1 atom stereocenters. The standard InChI is InChI=1S/C13H20F3NO3/c1-2-20-11(18)12(9-3-4-9,17-10-5-6-10)7-19-8-13(14,15)16/h9-10,17H,2-8H2,1H3. The molecule has 2 fully saturated rings. The van der Waals surface area contributed by atoms with Crippen LogP contribution >= 0.6 is 0 Å². The van der Waals surface area contributed by atoms with E-state index in [-0.39, 0.29) is 25.2 Å². The molecule has 0 aromatic heterocycles. The van der Waals surface area contributed by atoms with Gasteiger partial charge in [-0.3, -0.25) is 5.32 Å². The molecule has 0 spiro atoms. The van der Waals surface area contributed by atoms with Crippen LogP contribution in [0.4, 0.5) is 13.2 Å². The molecule has 0 aromatic rings. The SMILES string of the molecule is CCOC(=O)C(COCC(F)(F)F)(NC1CC1)C1CC1. The van der Waals surface area contributed by atoms with Gasteiger partial charge >= 0.3 is 12.1 Å². The fraction of sp³-hybridized carbons (Fsp3) is 0.923. The van der Waals surface area contributed by atoms with Crippen molar-refractivity contribution >= 4 is 5.97 Å². The van der Waals surface area contributed by atoms with Crippen LogP contribution < -0.4 is 5.32 Å². The molecule has 7 heteroatoms. The summed E-state index contributed by atoms with van der Waals surface area (Å²) in [6.45, 7) is 0.266. The largest absolute Gasteiger partial charge is 0.465 e. The van der Waals surface area contributed by atoms with Crippen molar-refractivity contribution in [1.29, 1.82) is 0 Å². The summed E-state index contributed by atoms with van der Waals surface area (Å²) in [7, 11) is 0. The minimum absolute atomic E-state index is 0.00961. The zero-order valence-corrected chi connectivity index (χ0v) is 11.5. The molecule has 0 aliphatic heterocycles. The van der Waals surface area contributed by atoms with E-state index in [1.165, 1.54) is 0 Å². The molecule has 20 heavy (non-hydrogen) atoms. The van der Waals surface area contributed by atoms with Crippen molar-refractivity contribution in [1.82, 2.24) is 5.32 Å². The Morgan fingerprint density at radius 1 is 1.20 bits per heavy atom. The van der Waals surface area contributed by atoms with Crippen LogP contribution in [0, 0.1) is 5.92 Å². The Kier molecular flexibility index (Phi) is 4.59. The van der Waals surface area contributed by atoms with Gasteiger partial charge in [0.05, 0.1) is 13.2 Å². The van der Waals surface area contributed by atoms with E-state index in [0.717, 1.165) is 25.7 Å². The van der Waals surface area contributed by atoms with E-state index in [1.807, 2.05) is 0 Å². The predicted molar refractivity (Wildman–Crippen MR) is 65.1 cm³/mol. The maximum absolute atomic E-state index is 12.2. The van der Waals surface area contributed by atoms with E-state index in [0.29, 0.717) is 0 Å². The van der Waals surface area contributed by atoms with Gasteiger partial charge in [0.25, 0.3) is 0 Å². The molecule has 2 aliphatic rings. The number of nitrogens with one attached hydrogen (secondary N) is 1. The van der Waals surface area contributed by atoms with E-state index < -0.39 is 24.3 Å². The lowest BCUT2D eigenvalue weighted by Crippen LogP contribution is -2.59. The molecular formula is C13H20F3NO3. The van der Waals surface area contributed by atoms with Crippen LogP contribution in [-0.2, 0) is 14.3 Å². The fourth-order valence-electron chi connectivity index (χ4n) is 2.32. The summed E-state index contributed by atoms with van der Waals surface area (Å²) >= 11 is 0. The lowest BCUT2D eigenvalue weighted by Gasteiger charge is -2.32. The number of alkyl halides is 3. The lowest BCUT2D eigenvalue weighted by atomic mass is 9.93. The number of esters is 1. The Bertz CT molecular complexity index is 353. The van der Waals surface area contributed by atoms with Gasteiger partial charge in [-0.1, -0.05) is 0 Å². The van der Waals surface area contributed by atoms with Gasteiger partial charge in [-0.05, 0) is 38.5 Å². The second kappa shape index (κ2) is 5.89. The van der Waals surface area contributed by atoms with Gasteiger partial charge in [0.2, 0.25) is 0 Å². The van der Waals surface area contributed by atoms with Crippen molar-refractivity contribution in [2.75, 3.05) is 19.8 Å². The van der Waals surface area contributed by atoms with Gasteiger partial charge in [0.15, 0.2) is 0 Å². The van der Waals surface area contributed by atoms with Gasteiger partial charge < -0.3 is 9.47 Å². The fourth-order valence-corrected chi connectivity index (χ4v) is 2.32. The van der Waals surface area contributed by atoms with Crippen LogP contribution in [0.2, 0.25) is 0 Å². The van der Waals surface area contributed by atoms with Crippen LogP contribution in [0.1, 0.15) is 32.6 Å². The monoisotopic (exact) mass is 295 g/mol. The summed E-state index contributed by atoms with van der Waals surface area (Å²) in [6, 6.07) is 0.189. The smallest absolute Gasteiger partial charge is 0.411 e. The summed E-state index contributed by atoms with van der Waals surface area (Å²) < 4.78 is 46.5. The average molecular weight is 295 g/mol. The molecule has 1 unspecified atom stereocenters. The number of halogens is 3. The molecule has 0 bridgehead atoms. The Morgan fingerprint density at radius 3 is 2.30 bits per heavy atom. The van der Waals surface area contributed by atoms with E-state index in [2.05, 4.69) is 5.32 Å². The molecule has 2 rings (SSSR count). The molecule has 116 valence electrons. The molecule has 1 N–H and O–H groups in total. The highest BCUT2D eigenvalue weighted by molar-refractivity contribution is 5.82. The maximum atomic E-state index is 12.2. The topological polar surface area (TPSA) is 47.6 Å². The molecule has 0 radical (unpaired) electrons. The number of rotatable bonds is 8. The van der Waals surface area contributed by atoms with Crippen LogP contribution in [0.25, 0.3) is 0 Å². The van der Waals surface area contributed by atoms with Gasteiger partial charge in [0, 0.05) is 6.04 Å². The van der Waals surface area contributed by atoms with E-state index >= 15 is 0 Å². The van der Waals surface area contributed by atoms with E-state index in [1.54, 1.807) is 6.92 Å². The number of carbonyl (C=O) groups is 1. The summed E-state index contributed by atoms with van der Waals surface area (Å²) in [5.41, 5.74) is -1.11. The molecule has 0 aromatic carbocycles. The Morgan fingerprint density at radius 2 is 1.85 bits per heavy atom. The van der Waals surface area contributed by atoms with Gasteiger partial charge in [-0.2, -0.15) is 13.2 Å². The van der Waals surface area contributed by atoms with Crippen molar-refractivity contribution in [3.05, 3.63) is 0 Å². The van der Waals surface area contributed by atoms with Crippen molar-refractivity contribution in [3.63, 3.8) is 0 Å². The zero-order valence-electron chi connectivity index (χ0n) is 11.5. The normalized spacial score (nSPS) is 22.4. The maximum Gasteiger partial charge on any atom is 0.411 e. The van der Waals surface area contributed by atoms with Crippen molar-refractivity contribution in [2.24, 2.45) is 5.92 Å². The molecule has 0 amide bonds. The first-order valence-corrected chi connectivity index (χ1v) is 6.97. The van der Waals surface area contributed by atoms with Crippen molar-refractivity contribution in [2.45, 2.75) is 50.4 Å². The van der Waals surface area contributed by atoms with Crippen LogP contribution in [0.5, 0.6) is 0 Å². The summed E-state index contributed by atoms with van der Waals surface area (Å²) in [5.74, 6) is -0.480. The first kappa shape index (κ1) is 15.6. The third-order valence-corrected chi connectivity index (χ3v) is 3.55. The van der Waals surface area contributed by atoms with Crippen LogP contribution in [-0.4, -0.2) is 43.5 Å². The summed E-state index contributed by atoms with van der Waals surface area (Å²) in [5, 5.41) is 3.17. The highest BCUT2D eigenvalue weighted by atomic mass is 19.4. The number of hydrogen-bond acceptors (Lipinski definition) is 4. The number of hydrogen-bond donors (Lipinski definition) is 1. The zero-order chi connectivity index (χ0) is 14.8. The third kappa shape index (κ3) is 4.09. The molecule has 0 heterocycles. The minimum Gasteiger partial charge on any atom is -0.465 e. The summed E-state index contributed by atoms with van der Waals surface area (Å²) in [4.78, 5) is 12.2. The predicted octanol–water partition coefficient (Wildman–Crippen LogP) is 2.03. The Balaban J connectivity index is 2.02. The van der Waals surface area contributed by atoms with Crippen LogP contribution in [0.3, 0.4) is 0 Å². The number of carbonyl (C=O) groups excluding carboxylic acids is 1. The molecule has 4 nitrogen and oxygen atoms in total. The van der Waals surface area contributed by atoms with Crippen molar-refractivity contribution in [3.8, 4) is 0 Å². The molecule has 0 saturated heterocycles. The quantitative estimate of drug-likeness (QED) is 0.696. The molecule has 2 aliphatic carbocycles. The Labute approximate surface area is 116 Å². The first-order chi connectivity index (χ1) is 9.37. The minimum atomic E-state index is -4.39. The van der Waals surface area contributed by atoms with E-state index in [9.17, 15) is 18.0 Å². The second-order valence-corrected chi connectivity index (χ2v) is 5.49. The van der Waals surface area contributed by atoms with E-state index in [4.69, 9.17) is 9.47 Å². The second-order valence-electron chi connectivity index (χ2n) is 5.49. The Hall–Kier alpha value is -0.820. The van der Waals surface area contributed by atoms with Crippen molar-refractivity contribution < 1.29 is 27.4 Å². The highest BCUT2D eigenvalue weighted by Gasteiger charge is 2.54. The summed E-state index contributed by atoms with van der Waals surface area (Å²) in [6.07, 6.45) is -0.883. The highest BCUT2D eigenvalue weighted by Crippen LogP contribution is 2.42. The van der Waals surface area contributed by atoms with Gasteiger partial charge in [-0.15, -0.1) is 0 Å². The van der Waals surface area contributed by atoms with Crippen LogP contribution in [0.15, 0.2) is 0 Å². The van der Waals surface area contributed by atoms with Gasteiger partial charge in [0.1, 0.15) is 12.1 Å². The average Bonchev–Trinajstić information content (AvgIpc) is 3.20. The van der Waals surface area contributed by atoms with Gasteiger partial charge in [-0.25, -0.2) is 4.79 Å².